The molecule has 4 rings (SSSR count). The van der Waals surface area contributed by atoms with E-state index in [2.05, 4.69) is 15.1 Å². The second kappa shape index (κ2) is 7.65. The van der Waals surface area contributed by atoms with E-state index in [-0.39, 0.29) is 11.4 Å². The molecule has 154 valence electrons. The highest BCUT2D eigenvalue weighted by atomic mass is 19.4. The summed E-state index contributed by atoms with van der Waals surface area (Å²) in [6.07, 6.45) is -1.44. The van der Waals surface area contributed by atoms with E-state index in [0.717, 1.165) is 56.7 Å². The monoisotopic (exact) mass is 397 g/mol. The lowest BCUT2D eigenvalue weighted by Gasteiger charge is -2.49. The van der Waals surface area contributed by atoms with Crippen LogP contribution in [0.5, 0.6) is 0 Å². The lowest BCUT2D eigenvalue weighted by molar-refractivity contribution is -0.137. The van der Waals surface area contributed by atoms with Gasteiger partial charge in [-0.05, 0) is 50.0 Å². The van der Waals surface area contributed by atoms with Gasteiger partial charge < -0.3 is 10.1 Å². The first kappa shape index (κ1) is 19.7. The van der Waals surface area contributed by atoms with Gasteiger partial charge in [-0.3, -0.25) is 14.6 Å². The number of halogens is 3. The van der Waals surface area contributed by atoms with Crippen molar-refractivity contribution in [2.75, 3.05) is 39.4 Å². The van der Waals surface area contributed by atoms with Gasteiger partial charge in [0.25, 0.3) is 0 Å². The number of piperazine rings is 1. The van der Waals surface area contributed by atoms with E-state index in [1.165, 1.54) is 0 Å². The number of rotatable bonds is 3. The Balaban J connectivity index is 1.34. The standard InChI is InChI=1S/C20H26F3N3O2/c21-20(22,23)16-3-1-15(2-4-16)11-25-8-5-17(6-9-25)26-12-18(27)24-13-19(26)7-10-28-14-19/h1-4,17H,5-14H2,(H,24,27). The molecular formula is C20H26F3N3O2. The van der Waals surface area contributed by atoms with Gasteiger partial charge in [-0.2, -0.15) is 13.2 Å². The van der Waals surface area contributed by atoms with Crippen LogP contribution in [0.4, 0.5) is 13.2 Å². The Morgan fingerprint density at radius 2 is 1.89 bits per heavy atom. The lowest BCUT2D eigenvalue weighted by atomic mass is 9.89. The molecule has 0 bridgehead atoms. The van der Waals surface area contributed by atoms with E-state index in [1.54, 1.807) is 12.1 Å². The number of carbonyl (C=O) groups is 1. The van der Waals surface area contributed by atoms with Gasteiger partial charge in [0, 0.05) is 25.7 Å². The Morgan fingerprint density at radius 3 is 2.50 bits per heavy atom. The van der Waals surface area contributed by atoms with Crippen molar-refractivity contribution in [2.45, 2.75) is 43.6 Å². The predicted octanol–water partition coefficient (Wildman–Crippen LogP) is 2.26. The van der Waals surface area contributed by atoms with Crippen molar-refractivity contribution in [3.8, 4) is 0 Å². The highest BCUT2D eigenvalue weighted by molar-refractivity contribution is 5.79. The summed E-state index contributed by atoms with van der Waals surface area (Å²) in [4.78, 5) is 16.6. The van der Waals surface area contributed by atoms with Gasteiger partial charge >= 0.3 is 6.18 Å². The molecule has 3 aliphatic rings. The van der Waals surface area contributed by atoms with E-state index < -0.39 is 11.7 Å². The molecule has 1 amide bonds. The number of hydrogen-bond acceptors (Lipinski definition) is 4. The molecule has 1 atom stereocenters. The van der Waals surface area contributed by atoms with Crippen LogP contribution in [0.25, 0.3) is 0 Å². The third kappa shape index (κ3) is 4.04. The van der Waals surface area contributed by atoms with Gasteiger partial charge in [-0.25, -0.2) is 0 Å². The number of benzene rings is 1. The molecule has 1 aromatic carbocycles. The summed E-state index contributed by atoms with van der Waals surface area (Å²) in [5, 5.41) is 2.99. The molecule has 3 saturated heterocycles. The molecule has 8 heteroatoms. The topological polar surface area (TPSA) is 44.8 Å². The zero-order valence-corrected chi connectivity index (χ0v) is 15.8. The second-order valence-corrected chi connectivity index (χ2v) is 8.13. The molecule has 0 aromatic heterocycles. The van der Waals surface area contributed by atoms with E-state index in [9.17, 15) is 18.0 Å². The summed E-state index contributed by atoms with van der Waals surface area (Å²) in [5.74, 6) is 0.0738. The average molecular weight is 397 g/mol. The Labute approximate surface area is 162 Å². The Bertz CT molecular complexity index is 694. The van der Waals surface area contributed by atoms with Crippen molar-refractivity contribution in [2.24, 2.45) is 0 Å². The molecule has 0 aliphatic carbocycles. The van der Waals surface area contributed by atoms with Gasteiger partial charge in [0.15, 0.2) is 0 Å². The first-order valence-corrected chi connectivity index (χ1v) is 9.85. The van der Waals surface area contributed by atoms with Crippen LogP contribution in [0.2, 0.25) is 0 Å². The van der Waals surface area contributed by atoms with Crippen molar-refractivity contribution in [3.05, 3.63) is 35.4 Å². The largest absolute Gasteiger partial charge is 0.416 e. The number of alkyl halides is 3. The molecule has 0 saturated carbocycles. The zero-order valence-electron chi connectivity index (χ0n) is 15.8. The van der Waals surface area contributed by atoms with E-state index in [1.807, 2.05) is 0 Å². The Hall–Kier alpha value is -1.64. The molecule has 3 heterocycles. The number of likely N-dealkylation sites (tertiary alicyclic amines) is 1. The van der Waals surface area contributed by atoms with Crippen LogP contribution in [-0.4, -0.2) is 66.7 Å². The maximum atomic E-state index is 12.7. The molecule has 3 fully saturated rings. The zero-order chi connectivity index (χ0) is 19.8. The Kier molecular flexibility index (Phi) is 5.37. The minimum Gasteiger partial charge on any atom is -0.379 e. The summed E-state index contributed by atoms with van der Waals surface area (Å²) in [7, 11) is 0. The van der Waals surface area contributed by atoms with Gasteiger partial charge in [0.1, 0.15) is 0 Å². The highest BCUT2D eigenvalue weighted by Crippen LogP contribution is 2.33. The van der Waals surface area contributed by atoms with Crippen LogP contribution in [0.1, 0.15) is 30.4 Å². The molecule has 5 nitrogen and oxygen atoms in total. The normalized spacial score (nSPS) is 28.0. The maximum absolute atomic E-state index is 12.7. The number of nitrogens with one attached hydrogen (secondary N) is 1. The molecule has 1 unspecified atom stereocenters. The third-order valence-electron chi connectivity index (χ3n) is 6.31. The Morgan fingerprint density at radius 1 is 1.18 bits per heavy atom. The smallest absolute Gasteiger partial charge is 0.379 e. The van der Waals surface area contributed by atoms with Gasteiger partial charge in [-0.1, -0.05) is 12.1 Å². The summed E-state index contributed by atoms with van der Waals surface area (Å²) < 4.78 is 43.7. The fraction of sp³-hybridized carbons (Fsp3) is 0.650. The van der Waals surface area contributed by atoms with Gasteiger partial charge in [0.05, 0.1) is 24.3 Å². The fourth-order valence-electron chi connectivity index (χ4n) is 4.67. The number of piperidine rings is 1. The molecule has 1 N–H and O–H groups in total. The first-order valence-electron chi connectivity index (χ1n) is 9.85. The van der Waals surface area contributed by atoms with Gasteiger partial charge in [-0.15, -0.1) is 0 Å². The quantitative estimate of drug-likeness (QED) is 0.850. The SMILES string of the molecule is O=C1CN(C2CCN(Cc3ccc(C(F)(F)F)cc3)CC2)C2(CCOC2)CN1. The minimum atomic E-state index is -4.29. The van der Waals surface area contributed by atoms with Crippen LogP contribution < -0.4 is 5.32 Å². The van der Waals surface area contributed by atoms with Crippen molar-refractivity contribution in [1.82, 2.24) is 15.1 Å². The lowest BCUT2D eigenvalue weighted by Crippen LogP contribution is -2.67. The number of carbonyl (C=O) groups excluding carboxylic acids is 1. The summed E-state index contributed by atoms with van der Waals surface area (Å²) in [6.45, 7) is 4.88. The second-order valence-electron chi connectivity index (χ2n) is 8.13. The molecule has 0 radical (unpaired) electrons. The predicted molar refractivity (Wildman–Crippen MR) is 97.6 cm³/mol. The minimum absolute atomic E-state index is 0.0738. The van der Waals surface area contributed by atoms with Crippen LogP contribution in [0.15, 0.2) is 24.3 Å². The average Bonchev–Trinajstić information content (AvgIpc) is 3.14. The van der Waals surface area contributed by atoms with Crippen LogP contribution in [-0.2, 0) is 22.3 Å². The van der Waals surface area contributed by atoms with Crippen molar-refractivity contribution < 1.29 is 22.7 Å². The number of hydrogen-bond donors (Lipinski definition) is 1. The van der Waals surface area contributed by atoms with Crippen molar-refractivity contribution >= 4 is 5.91 Å². The molecule has 1 spiro atoms. The molecule has 1 aromatic rings. The molecular weight excluding hydrogens is 371 g/mol. The van der Waals surface area contributed by atoms with Crippen LogP contribution in [0.3, 0.4) is 0 Å². The van der Waals surface area contributed by atoms with E-state index in [0.29, 0.717) is 32.3 Å². The van der Waals surface area contributed by atoms with Gasteiger partial charge in [0.2, 0.25) is 5.91 Å². The summed E-state index contributed by atoms with van der Waals surface area (Å²) in [6, 6.07) is 5.77. The number of nitrogens with zero attached hydrogens (tertiary/aromatic N) is 2. The summed E-state index contributed by atoms with van der Waals surface area (Å²) in [5.41, 5.74) is 0.209. The molecule has 3 aliphatic heterocycles. The first-order chi connectivity index (χ1) is 13.4. The van der Waals surface area contributed by atoms with Crippen molar-refractivity contribution in [1.29, 1.82) is 0 Å². The third-order valence-corrected chi connectivity index (χ3v) is 6.31. The number of amides is 1. The molecule has 28 heavy (non-hydrogen) atoms. The van der Waals surface area contributed by atoms with E-state index >= 15 is 0 Å². The van der Waals surface area contributed by atoms with Crippen molar-refractivity contribution in [3.63, 3.8) is 0 Å². The highest BCUT2D eigenvalue weighted by Gasteiger charge is 2.47. The van der Waals surface area contributed by atoms with Crippen LogP contribution >= 0.6 is 0 Å². The maximum Gasteiger partial charge on any atom is 0.416 e. The number of ether oxygens (including phenoxy) is 1. The van der Waals surface area contributed by atoms with Crippen LogP contribution in [0, 0.1) is 0 Å². The van der Waals surface area contributed by atoms with E-state index in [4.69, 9.17) is 4.74 Å². The fourth-order valence-corrected chi connectivity index (χ4v) is 4.67. The summed E-state index contributed by atoms with van der Waals surface area (Å²) >= 11 is 0.